The number of carbonyl (C=O) groups is 1. The van der Waals surface area contributed by atoms with Crippen molar-refractivity contribution >= 4 is 22.5 Å². The fourth-order valence-corrected chi connectivity index (χ4v) is 4.30. The minimum absolute atomic E-state index is 0.192. The van der Waals surface area contributed by atoms with E-state index >= 15 is 0 Å². The van der Waals surface area contributed by atoms with E-state index < -0.39 is 0 Å². The Bertz CT molecular complexity index is 1450. The van der Waals surface area contributed by atoms with Crippen LogP contribution in [0.15, 0.2) is 36.7 Å². The van der Waals surface area contributed by atoms with Crippen molar-refractivity contribution in [3.63, 3.8) is 0 Å². The van der Waals surface area contributed by atoms with Crippen molar-refractivity contribution in [1.29, 1.82) is 0 Å². The summed E-state index contributed by atoms with van der Waals surface area (Å²) in [5.74, 6) is 1.24. The number of anilines is 1. The van der Waals surface area contributed by atoms with Gasteiger partial charge in [0.05, 0.1) is 19.4 Å². The van der Waals surface area contributed by atoms with E-state index in [1.165, 1.54) is 11.0 Å². The van der Waals surface area contributed by atoms with Crippen molar-refractivity contribution in [2.24, 2.45) is 7.05 Å². The number of methoxy groups -OCH3 is 1. The Labute approximate surface area is 201 Å². The fourth-order valence-electron chi connectivity index (χ4n) is 4.30. The first-order valence-corrected chi connectivity index (χ1v) is 11.1. The number of ether oxygens (including phenoxy) is 2. The summed E-state index contributed by atoms with van der Waals surface area (Å²) in [6.45, 7) is 0.799. The van der Waals surface area contributed by atoms with Crippen LogP contribution in [0.1, 0.15) is 21.6 Å². The lowest BCUT2D eigenvalue weighted by atomic mass is 10.0. The Hall–Kier alpha value is -4.21. The Kier molecular flexibility index (Phi) is 5.72. The summed E-state index contributed by atoms with van der Waals surface area (Å²) in [7, 11) is 6.69. The normalized spacial score (nSPS) is 12.4. The third-order valence-corrected chi connectivity index (χ3v) is 6.11. The van der Waals surface area contributed by atoms with Crippen LogP contribution in [0, 0.1) is 5.82 Å². The molecule has 35 heavy (non-hydrogen) atoms. The van der Waals surface area contributed by atoms with E-state index in [9.17, 15) is 9.18 Å². The van der Waals surface area contributed by atoms with E-state index in [4.69, 9.17) is 9.47 Å². The van der Waals surface area contributed by atoms with Crippen LogP contribution in [0.25, 0.3) is 22.0 Å². The molecule has 4 aromatic rings. The molecule has 5 rings (SSSR count). The maximum atomic E-state index is 14.6. The first-order valence-electron chi connectivity index (χ1n) is 11.1. The molecule has 1 N–H and O–H groups in total. The largest absolute Gasteiger partial charge is 0.493 e. The second-order valence-electron chi connectivity index (χ2n) is 8.49. The van der Waals surface area contributed by atoms with Gasteiger partial charge in [-0.2, -0.15) is 5.10 Å². The number of benzene rings is 1. The molecular weight excluding hydrogens is 451 g/mol. The van der Waals surface area contributed by atoms with E-state index in [0.29, 0.717) is 36.0 Å². The predicted molar refractivity (Wildman–Crippen MR) is 129 cm³/mol. The fraction of sp³-hybridized carbons (Fsp3) is 0.280. The molecule has 1 aliphatic heterocycles. The summed E-state index contributed by atoms with van der Waals surface area (Å²) < 4.78 is 27.2. The lowest BCUT2D eigenvalue weighted by Crippen LogP contribution is -2.22. The lowest BCUT2D eigenvalue weighted by molar-refractivity contribution is 0.0821. The average Bonchev–Trinajstić information content (AvgIpc) is 3.49. The van der Waals surface area contributed by atoms with Crippen LogP contribution < -0.4 is 14.8 Å². The third kappa shape index (κ3) is 4.01. The van der Waals surface area contributed by atoms with Crippen molar-refractivity contribution in [2.75, 3.05) is 33.1 Å². The van der Waals surface area contributed by atoms with Crippen LogP contribution in [-0.2, 0) is 20.0 Å². The van der Waals surface area contributed by atoms with Crippen LogP contribution in [0.4, 0.5) is 10.2 Å². The highest BCUT2D eigenvalue weighted by Crippen LogP contribution is 2.35. The van der Waals surface area contributed by atoms with Crippen molar-refractivity contribution in [1.82, 2.24) is 24.6 Å². The first kappa shape index (κ1) is 22.6. The van der Waals surface area contributed by atoms with Crippen LogP contribution >= 0.6 is 0 Å². The highest BCUT2D eigenvalue weighted by molar-refractivity contribution is 6.02. The number of fused-ring (bicyclic) bond motifs is 2. The second-order valence-corrected chi connectivity index (χ2v) is 8.49. The van der Waals surface area contributed by atoms with E-state index in [0.717, 1.165) is 33.3 Å². The van der Waals surface area contributed by atoms with Crippen LogP contribution in [0.2, 0.25) is 0 Å². The van der Waals surface area contributed by atoms with E-state index in [1.54, 1.807) is 57.5 Å². The molecule has 0 spiro atoms. The Morgan fingerprint density at radius 1 is 1.23 bits per heavy atom. The molecule has 0 aliphatic carbocycles. The number of aryl methyl sites for hydroxylation is 1. The molecule has 0 saturated carbocycles. The molecule has 4 heterocycles. The van der Waals surface area contributed by atoms with Gasteiger partial charge in [-0.25, -0.2) is 14.4 Å². The zero-order valence-electron chi connectivity index (χ0n) is 19.9. The molecule has 0 bridgehead atoms. The number of rotatable bonds is 6. The van der Waals surface area contributed by atoms with Gasteiger partial charge < -0.3 is 19.7 Å². The molecule has 0 saturated heterocycles. The van der Waals surface area contributed by atoms with Gasteiger partial charge in [0.2, 0.25) is 5.88 Å². The number of pyridine rings is 2. The number of hydrogen-bond acceptors (Lipinski definition) is 7. The van der Waals surface area contributed by atoms with Crippen molar-refractivity contribution in [3.8, 4) is 22.9 Å². The second kappa shape index (κ2) is 8.86. The Morgan fingerprint density at radius 2 is 2.06 bits per heavy atom. The minimum atomic E-state index is -0.282. The quantitative estimate of drug-likeness (QED) is 0.456. The molecule has 180 valence electrons. The van der Waals surface area contributed by atoms with Gasteiger partial charge in [0.25, 0.3) is 5.91 Å². The highest BCUT2D eigenvalue weighted by atomic mass is 19.1. The number of aromatic nitrogens is 4. The molecular formula is C25H25FN6O3. The summed E-state index contributed by atoms with van der Waals surface area (Å²) >= 11 is 0. The van der Waals surface area contributed by atoms with Crippen molar-refractivity contribution < 1.29 is 18.7 Å². The van der Waals surface area contributed by atoms with E-state index in [1.807, 2.05) is 6.07 Å². The van der Waals surface area contributed by atoms with Gasteiger partial charge >= 0.3 is 0 Å². The first-order chi connectivity index (χ1) is 16.9. The van der Waals surface area contributed by atoms with Crippen molar-refractivity contribution in [2.45, 2.75) is 13.0 Å². The highest BCUT2D eigenvalue weighted by Gasteiger charge is 2.21. The van der Waals surface area contributed by atoms with Gasteiger partial charge in [0.1, 0.15) is 17.4 Å². The smallest absolute Gasteiger partial charge is 0.273 e. The Morgan fingerprint density at radius 3 is 2.83 bits per heavy atom. The number of nitrogens with zero attached hydrogens (tertiary/aromatic N) is 5. The predicted octanol–water partition coefficient (Wildman–Crippen LogP) is 3.43. The van der Waals surface area contributed by atoms with Gasteiger partial charge in [-0.3, -0.25) is 9.48 Å². The molecule has 0 unspecified atom stereocenters. The molecule has 1 amide bonds. The minimum Gasteiger partial charge on any atom is -0.493 e. The van der Waals surface area contributed by atoms with Crippen LogP contribution in [-0.4, -0.2) is 58.4 Å². The topological polar surface area (TPSA) is 94.4 Å². The van der Waals surface area contributed by atoms with Gasteiger partial charge in [-0.15, -0.1) is 0 Å². The van der Waals surface area contributed by atoms with Crippen LogP contribution in [0.5, 0.6) is 11.6 Å². The number of amides is 1. The molecule has 3 aromatic heterocycles. The molecule has 10 heteroatoms. The number of hydrogen-bond donors (Lipinski definition) is 1. The maximum absolute atomic E-state index is 14.6. The van der Waals surface area contributed by atoms with Crippen molar-refractivity contribution in [3.05, 3.63) is 59.3 Å². The lowest BCUT2D eigenvalue weighted by Gasteiger charge is -2.14. The number of nitrogens with one attached hydrogen (secondary N) is 1. The molecule has 9 nitrogen and oxygen atoms in total. The number of halogens is 1. The monoisotopic (exact) mass is 476 g/mol. The summed E-state index contributed by atoms with van der Waals surface area (Å²) in [5, 5.41) is 9.19. The summed E-state index contributed by atoms with van der Waals surface area (Å²) in [4.78, 5) is 22.9. The SMILES string of the molecule is COc1cc2c(-c3cc(C(=O)N(C)C)nn3C)cnc(NCc3c(F)ccc4c3CCO4)c2cn1. The summed E-state index contributed by atoms with van der Waals surface area (Å²) in [5.41, 5.74) is 3.26. The summed E-state index contributed by atoms with van der Waals surface area (Å²) in [6, 6.07) is 6.65. The molecule has 0 fully saturated rings. The van der Waals surface area contributed by atoms with Gasteiger partial charge in [0.15, 0.2) is 5.69 Å². The maximum Gasteiger partial charge on any atom is 0.273 e. The van der Waals surface area contributed by atoms with E-state index in [-0.39, 0.29) is 18.3 Å². The van der Waals surface area contributed by atoms with Crippen LogP contribution in [0.3, 0.4) is 0 Å². The van der Waals surface area contributed by atoms with E-state index in [2.05, 4.69) is 20.4 Å². The molecule has 1 aliphatic rings. The average molecular weight is 477 g/mol. The van der Waals surface area contributed by atoms with Gasteiger partial charge in [-0.05, 0) is 18.2 Å². The number of carbonyl (C=O) groups excluding carboxylic acids is 1. The zero-order chi connectivity index (χ0) is 24.7. The third-order valence-electron chi connectivity index (χ3n) is 6.11. The zero-order valence-corrected chi connectivity index (χ0v) is 19.9. The Balaban J connectivity index is 1.56. The summed E-state index contributed by atoms with van der Waals surface area (Å²) in [6.07, 6.45) is 4.05. The van der Waals surface area contributed by atoms with Gasteiger partial charge in [0, 0.05) is 80.0 Å². The molecule has 1 aromatic carbocycles. The molecule has 0 radical (unpaired) electrons. The standard InChI is InChI=1S/C25H25FN6O3/c1-31(2)25(33)20-10-21(32(3)30-20)17-12-29-24(18-13-27-23(34-4)9-15(17)18)28-11-16-14-7-8-35-22(14)6-5-19(16)26/h5-6,9-10,12-13H,7-8,11H2,1-4H3,(H,28,29). The molecule has 0 atom stereocenters. The van der Waals surface area contributed by atoms with Gasteiger partial charge in [-0.1, -0.05) is 0 Å².